The third-order valence-electron chi connectivity index (χ3n) is 9.51. The van der Waals surface area contributed by atoms with Gasteiger partial charge in [-0.2, -0.15) is 31.1 Å². The molecule has 1 saturated carbocycles. The average Bonchev–Trinajstić information content (AvgIpc) is 3.50. The second kappa shape index (κ2) is 15.4. The lowest BCUT2D eigenvalue weighted by molar-refractivity contribution is -0.274. The summed E-state index contributed by atoms with van der Waals surface area (Å²) in [6.07, 6.45) is -12.9. The summed E-state index contributed by atoms with van der Waals surface area (Å²) >= 11 is 0. The minimum atomic E-state index is -5.14. The van der Waals surface area contributed by atoms with Crippen molar-refractivity contribution in [1.82, 2.24) is 20.2 Å². The highest BCUT2D eigenvalue weighted by molar-refractivity contribution is 5.97. The van der Waals surface area contributed by atoms with Crippen molar-refractivity contribution in [2.75, 3.05) is 16.4 Å². The summed E-state index contributed by atoms with van der Waals surface area (Å²) in [5.41, 5.74) is -3.28. The van der Waals surface area contributed by atoms with Gasteiger partial charge in [0.05, 0.1) is 30.8 Å². The SMILES string of the molecule is CCOC(=O)CC1CCC(C(=O)N2c3ccc(OC(F)(F)F)cc3C(N(Cc3cc(C(F)(F)F)cc(C(F)(F)F)c3)c3nnn(C)n3)C[C@H]2CC)CC1. The molecule has 2 aromatic carbocycles. The fourth-order valence-corrected chi connectivity index (χ4v) is 7.13. The lowest BCUT2D eigenvalue weighted by atomic mass is 9.79. The first kappa shape index (κ1) is 39.6. The van der Waals surface area contributed by atoms with Gasteiger partial charge >= 0.3 is 24.7 Å². The highest BCUT2D eigenvalue weighted by atomic mass is 19.4. The molecule has 1 unspecified atom stereocenters. The number of aromatic nitrogens is 4. The Balaban J connectivity index is 1.57. The van der Waals surface area contributed by atoms with E-state index < -0.39 is 65.7 Å². The number of benzene rings is 2. The van der Waals surface area contributed by atoms with Crippen LogP contribution in [-0.4, -0.2) is 51.1 Å². The number of nitrogens with zero attached hydrogens (tertiary/aromatic N) is 6. The topological polar surface area (TPSA) is 103 Å². The molecule has 10 nitrogen and oxygen atoms in total. The summed E-state index contributed by atoms with van der Waals surface area (Å²) < 4.78 is 132. The van der Waals surface area contributed by atoms with Gasteiger partial charge in [0.2, 0.25) is 5.91 Å². The number of hydrogen-bond acceptors (Lipinski definition) is 8. The van der Waals surface area contributed by atoms with Crippen LogP contribution in [0.25, 0.3) is 0 Å². The zero-order valence-electron chi connectivity index (χ0n) is 28.9. The molecule has 1 aliphatic heterocycles. The average molecular weight is 765 g/mol. The molecule has 0 saturated heterocycles. The molecule has 19 heteroatoms. The summed E-state index contributed by atoms with van der Waals surface area (Å²) in [6.45, 7) is 3.07. The Kier molecular flexibility index (Phi) is 11.5. The molecule has 1 amide bonds. The fraction of sp³-hybridized carbons (Fsp3) is 0.559. The molecule has 5 rings (SSSR count). The van der Waals surface area contributed by atoms with Gasteiger partial charge in [0.1, 0.15) is 5.75 Å². The van der Waals surface area contributed by atoms with Gasteiger partial charge in [0, 0.05) is 36.2 Å². The van der Waals surface area contributed by atoms with E-state index >= 15 is 0 Å². The first-order valence-corrected chi connectivity index (χ1v) is 16.9. The van der Waals surface area contributed by atoms with Gasteiger partial charge in [-0.3, -0.25) is 9.59 Å². The Morgan fingerprint density at radius 1 is 0.906 bits per heavy atom. The molecule has 1 fully saturated rings. The molecule has 0 spiro atoms. The molecule has 2 heterocycles. The highest BCUT2D eigenvalue weighted by Crippen LogP contribution is 2.47. The van der Waals surface area contributed by atoms with Gasteiger partial charge in [-0.25, -0.2) is 0 Å². The van der Waals surface area contributed by atoms with Crippen molar-refractivity contribution < 1.29 is 58.6 Å². The monoisotopic (exact) mass is 764 g/mol. The smallest absolute Gasteiger partial charge is 0.466 e. The fourth-order valence-electron chi connectivity index (χ4n) is 7.13. The number of aryl methyl sites for hydroxylation is 1. The number of hydrogen-bond donors (Lipinski definition) is 0. The number of esters is 1. The van der Waals surface area contributed by atoms with E-state index in [2.05, 4.69) is 20.1 Å². The summed E-state index contributed by atoms with van der Waals surface area (Å²) in [7, 11) is 1.38. The number of amides is 1. The normalized spacial score (nSPS) is 20.9. The zero-order chi connectivity index (χ0) is 38.9. The molecule has 290 valence electrons. The lowest BCUT2D eigenvalue weighted by Crippen LogP contribution is -2.50. The number of anilines is 2. The van der Waals surface area contributed by atoms with E-state index in [0.717, 1.165) is 16.9 Å². The van der Waals surface area contributed by atoms with Crippen LogP contribution in [0.3, 0.4) is 0 Å². The third kappa shape index (κ3) is 9.51. The van der Waals surface area contributed by atoms with Gasteiger partial charge in [-0.05, 0) is 98.5 Å². The van der Waals surface area contributed by atoms with Crippen LogP contribution in [0.2, 0.25) is 0 Å². The van der Waals surface area contributed by atoms with E-state index in [-0.39, 0.29) is 60.5 Å². The van der Waals surface area contributed by atoms with E-state index in [1.807, 2.05) is 0 Å². The Morgan fingerprint density at radius 2 is 1.55 bits per heavy atom. The van der Waals surface area contributed by atoms with Crippen LogP contribution < -0.4 is 14.5 Å². The second-order valence-corrected chi connectivity index (χ2v) is 13.1. The van der Waals surface area contributed by atoms with Gasteiger partial charge in [0.25, 0.3) is 5.95 Å². The van der Waals surface area contributed by atoms with E-state index in [9.17, 15) is 49.1 Å². The summed E-state index contributed by atoms with van der Waals surface area (Å²) in [5.74, 6) is -1.99. The molecule has 0 radical (unpaired) electrons. The van der Waals surface area contributed by atoms with Crippen molar-refractivity contribution in [1.29, 1.82) is 0 Å². The zero-order valence-corrected chi connectivity index (χ0v) is 28.9. The van der Waals surface area contributed by atoms with Crippen molar-refractivity contribution in [2.45, 2.75) is 96.1 Å². The molecular weight excluding hydrogens is 727 g/mol. The van der Waals surface area contributed by atoms with E-state index in [1.165, 1.54) is 22.9 Å². The quantitative estimate of drug-likeness (QED) is 0.151. The highest BCUT2D eigenvalue weighted by Gasteiger charge is 2.43. The molecule has 1 aromatic heterocycles. The number of tetrazole rings is 1. The predicted molar refractivity (Wildman–Crippen MR) is 170 cm³/mol. The van der Waals surface area contributed by atoms with E-state index in [0.29, 0.717) is 44.2 Å². The number of halogens is 9. The maximum absolute atomic E-state index is 14.3. The van der Waals surface area contributed by atoms with Gasteiger partial charge in [0.15, 0.2) is 0 Å². The Bertz CT molecular complexity index is 1740. The van der Waals surface area contributed by atoms with Crippen LogP contribution in [0, 0.1) is 11.8 Å². The van der Waals surface area contributed by atoms with Gasteiger partial charge in [-0.1, -0.05) is 12.0 Å². The number of rotatable bonds is 10. The summed E-state index contributed by atoms with van der Waals surface area (Å²) in [5, 5.41) is 11.9. The Hall–Kier alpha value is -4.58. The number of ether oxygens (including phenoxy) is 2. The van der Waals surface area contributed by atoms with Crippen LogP contribution in [0.4, 0.5) is 51.1 Å². The van der Waals surface area contributed by atoms with Crippen molar-refractivity contribution in [3.8, 4) is 5.75 Å². The molecule has 0 N–H and O–H groups in total. The number of carbonyl (C=O) groups excluding carboxylic acids is 2. The molecular formula is C34H37F9N6O4. The van der Waals surface area contributed by atoms with E-state index in [1.54, 1.807) is 13.8 Å². The Morgan fingerprint density at radius 3 is 2.08 bits per heavy atom. The molecule has 53 heavy (non-hydrogen) atoms. The third-order valence-corrected chi connectivity index (χ3v) is 9.51. The van der Waals surface area contributed by atoms with E-state index in [4.69, 9.17) is 4.74 Å². The number of alkyl halides is 9. The van der Waals surface area contributed by atoms with Crippen LogP contribution >= 0.6 is 0 Å². The number of carbonyl (C=O) groups is 2. The van der Waals surface area contributed by atoms with Crippen LogP contribution in [0.5, 0.6) is 5.75 Å². The predicted octanol–water partition coefficient (Wildman–Crippen LogP) is 8.17. The Labute approximate surface area is 298 Å². The summed E-state index contributed by atoms with van der Waals surface area (Å²) in [6, 6.07) is 2.77. The summed E-state index contributed by atoms with van der Waals surface area (Å²) in [4.78, 5) is 30.1. The van der Waals surface area contributed by atoms with Gasteiger partial charge < -0.3 is 19.3 Å². The van der Waals surface area contributed by atoms with Crippen molar-refractivity contribution >= 4 is 23.5 Å². The first-order chi connectivity index (χ1) is 24.8. The van der Waals surface area contributed by atoms with Crippen LogP contribution in [-0.2, 0) is 40.3 Å². The maximum atomic E-state index is 14.3. The minimum Gasteiger partial charge on any atom is -0.466 e. The molecule has 2 atom stereocenters. The van der Waals surface area contributed by atoms with Crippen LogP contribution in [0.1, 0.15) is 87.1 Å². The number of fused-ring (bicyclic) bond motifs is 1. The van der Waals surface area contributed by atoms with Crippen molar-refractivity contribution in [3.63, 3.8) is 0 Å². The standard InChI is InChI=1S/C34H37F9N6O4/c1-4-24-16-28(48(31-44-46-47(3)45-31)18-20-12-22(32(35,36)37)15-23(13-20)33(38,39)40)26-17-25(53-34(41,42)43)10-11-27(26)49(24)30(51)21-8-6-19(7-9-21)14-29(50)52-5-2/h10-13,15,17,19,21,24,28H,4-9,14,16,18H2,1-3H3/t19?,21?,24-,28?/m1/s1. The molecule has 2 aliphatic rings. The molecule has 0 bridgehead atoms. The van der Waals surface area contributed by atoms with Gasteiger partial charge in [-0.15, -0.1) is 18.3 Å². The lowest BCUT2D eigenvalue weighted by Gasteiger charge is -2.45. The van der Waals surface area contributed by atoms with Crippen molar-refractivity contribution in [2.24, 2.45) is 18.9 Å². The molecule has 1 aliphatic carbocycles. The van der Waals surface area contributed by atoms with Crippen LogP contribution in [0.15, 0.2) is 36.4 Å². The molecule has 3 aromatic rings. The van der Waals surface area contributed by atoms with Crippen molar-refractivity contribution in [3.05, 3.63) is 58.7 Å². The maximum Gasteiger partial charge on any atom is 0.573 e. The first-order valence-electron chi connectivity index (χ1n) is 16.9. The minimum absolute atomic E-state index is 0.00794. The largest absolute Gasteiger partial charge is 0.573 e. The second-order valence-electron chi connectivity index (χ2n) is 13.1.